The van der Waals surface area contributed by atoms with Crippen LogP contribution in [0.4, 0.5) is 5.69 Å². The number of hydrogen-bond acceptors (Lipinski definition) is 3. The third-order valence-corrected chi connectivity index (χ3v) is 6.18. The van der Waals surface area contributed by atoms with E-state index in [1.54, 1.807) is 18.7 Å². The Morgan fingerprint density at radius 1 is 0.903 bits per heavy atom. The Balaban J connectivity index is 1.36. The number of amides is 1. The van der Waals surface area contributed by atoms with Gasteiger partial charge in [-0.2, -0.15) is 0 Å². The number of carbonyl (C=O) groups excluding carboxylic acids is 1. The minimum atomic E-state index is -0.603. The van der Waals surface area contributed by atoms with Crippen LogP contribution in [0.2, 0.25) is 0 Å². The fourth-order valence-electron chi connectivity index (χ4n) is 3.37. The standard InChI is InChI=1S/C27H25NO2S/c1-19-16-21(18-31-25-10-4-3-5-11-25)12-15-26(19)28-27(29)20(2)30-24-14-13-22-8-6-7-9-23(22)17-24/h3-17,20H,18H2,1-2H3,(H,28,29)/t20-/m1/s1. The summed E-state index contributed by atoms with van der Waals surface area (Å²) in [6.45, 7) is 3.78. The van der Waals surface area contributed by atoms with Gasteiger partial charge in [0.25, 0.3) is 5.91 Å². The van der Waals surface area contributed by atoms with E-state index in [2.05, 4.69) is 35.6 Å². The number of fused-ring (bicyclic) bond motifs is 1. The molecule has 0 saturated carbocycles. The third kappa shape index (κ3) is 5.47. The highest BCUT2D eigenvalue weighted by molar-refractivity contribution is 7.98. The van der Waals surface area contributed by atoms with E-state index in [-0.39, 0.29) is 5.91 Å². The molecule has 1 amide bonds. The number of rotatable bonds is 7. The molecular weight excluding hydrogens is 402 g/mol. The van der Waals surface area contributed by atoms with Crippen molar-refractivity contribution < 1.29 is 9.53 Å². The zero-order valence-corrected chi connectivity index (χ0v) is 18.5. The van der Waals surface area contributed by atoms with Gasteiger partial charge in [-0.05, 0) is 66.1 Å². The van der Waals surface area contributed by atoms with Gasteiger partial charge in [-0.1, -0.05) is 60.7 Å². The summed E-state index contributed by atoms with van der Waals surface area (Å²) in [4.78, 5) is 13.9. The Morgan fingerprint density at radius 2 is 1.65 bits per heavy atom. The summed E-state index contributed by atoms with van der Waals surface area (Å²) in [5.74, 6) is 1.41. The van der Waals surface area contributed by atoms with Crippen molar-refractivity contribution >= 4 is 34.1 Å². The minimum Gasteiger partial charge on any atom is -0.481 e. The van der Waals surface area contributed by atoms with Gasteiger partial charge in [0, 0.05) is 16.3 Å². The molecule has 0 saturated heterocycles. The summed E-state index contributed by atoms with van der Waals surface area (Å²) < 4.78 is 5.89. The van der Waals surface area contributed by atoms with Crippen LogP contribution >= 0.6 is 11.8 Å². The topological polar surface area (TPSA) is 38.3 Å². The first-order valence-corrected chi connectivity index (χ1v) is 11.3. The van der Waals surface area contributed by atoms with Gasteiger partial charge < -0.3 is 10.1 Å². The molecule has 31 heavy (non-hydrogen) atoms. The van der Waals surface area contributed by atoms with E-state index >= 15 is 0 Å². The van der Waals surface area contributed by atoms with E-state index in [9.17, 15) is 4.79 Å². The molecule has 0 spiro atoms. The molecule has 1 atom stereocenters. The molecule has 4 heteroatoms. The third-order valence-electron chi connectivity index (χ3n) is 5.10. The van der Waals surface area contributed by atoms with Gasteiger partial charge >= 0.3 is 0 Å². The van der Waals surface area contributed by atoms with Crippen LogP contribution in [0, 0.1) is 6.92 Å². The second-order valence-corrected chi connectivity index (χ2v) is 8.56. The number of benzene rings is 4. The van der Waals surface area contributed by atoms with Crippen LogP contribution in [0.1, 0.15) is 18.1 Å². The number of carbonyl (C=O) groups is 1. The van der Waals surface area contributed by atoms with Crippen molar-refractivity contribution in [2.75, 3.05) is 5.32 Å². The van der Waals surface area contributed by atoms with Gasteiger partial charge in [-0.25, -0.2) is 0 Å². The molecule has 3 nitrogen and oxygen atoms in total. The zero-order valence-electron chi connectivity index (χ0n) is 17.7. The molecule has 4 aromatic carbocycles. The van der Waals surface area contributed by atoms with E-state index in [4.69, 9.17) is 4.74 Å². The van der Waals surface area contributed by atoms with Gasteiger partial charge in [0.1, 0.15) is 5.75 Å². The number of ether oxygens (including phenoxy) is 1. The molecule has 0 aliphatic heterocycles. The van der Waals surface area contributed by atoms with Crippen molar-refractivity contribution in [1.29, 1.82) is 0 Å². The average molecular weight is 428 g/mol. The Hall–Kier alpha value is -3.24. The van der Waals surface area contributed by atoms with Crippen molar-refractivity contribution in [1.82, 2.24) is 0 Å². The van der Waals surface area contributed by atoms with E-state index in [1.807, 2.05) is 67.6 Å². The maximum atomic E-state index is 12.7. The zero-order chi connectivity index (χ0) is 21.6. The van der Waals surface area contributed by atoms with Gasteiger partial charge in [-0.3, -0.25) is 4.79 Å². The molecule has 0 bridgehead atoms. The van der Waals surface area contributed by atoms with Crippen molar-refractivity contribution in [3.8, 4) is 5.75 Å². The van der Waals surface area contributed by atoms with Crippen LogP contribution in [0.15, 0.2) is 95.9 Å². The van der Waals surface area contributed by atoms with Gasteiger partial charge in [0.15, 0.2) is 6.10 Å². The number of anilines is 1. The Kier molecular flexibility index (Phi) is 6.58. The van der Waals surface area contributed by atoms with Crippen LogP contribution in [0.3, 0.4) is 0 Å². The summed E-state index contributed by atoms with van der Waals surface area (Å²) in [5.41, 5.74) is 3.08. The predicted molar refractivity (Wildman–Crippen MR) is 130 cm³/mol. The minimum absolute atomic E-state index is 0.164. The molecular formula is C27H25NO2S. The lowest BCUT2D eigenvalue weighted by Crippen LogP contribution is -2.30. The fraction of sp³-hybridized carbons (Fsp3) is 0.148. The normalized spacial score (nSPS) is 11.8. The highest BCUT2D eigenvalue weighted by Crippen LogP contribution is 2.25. The van der Waals surface area contributed by atoms with Crippen molar-refractivity contribution in [3.63, 3.8) is 0 Å². The van der Waals surface area contributed by atoms with E-state index in [1.165, 1.54) is 10.5 Å². The summed E-state index contributed by atoms with van der Waals surface area (Å²) in [6, 6.07) is 30.5. The summed E-state index contributed by atoms with van der Waals surface area (Å²) in [5, 5.41) is 5.23. The number of nitrogens with one attached hydrogen (secondary N) is 1. The maximum absolute atomic E-state index is 12.7. The molecule has 0 heterocycles. The van der Waals surface area contributed by atoms with E-state index in [0.717, 1.165) is 27.8 Å². The van der Waals surface area contributed by atoms with Crippen molar-refractivity contribution in [2.45, 2.75) is 30.6 Å². The molecule has 0 aliphatic carbocycles. The Bertz CT molecular complexity index is 1190. The van der Waals surface area contributed by atoms with Crippen molar-refractivity contribution in [2.24, 2.45) is 0 Å². The molecule has 0 aliphatic rings. The molecule has 4 aromatic rings. The van der Waals surface area contributed by atoms with Crippen LogP contribution < -0.4 is 10.1 Å². The SMILES string of the molecule is Cc1cc(CSc2ccccc2)ccc1NC(=O)[C@@H](C)Oc1ccc2ccccc2c1. The molecule has 4 rings (SSSR count). The number of aryl methyl sites for hydroxylation is 1. The second kappa shape index (κ2) is 9.71. The highest BCUT2D eigenvalue weighted by atomic mass is 32.2. The largest absolute Gasteiger partial charge is 0.481 e. The molecule has 156 valence electrons. The van der Waals surface area contributed by atoms with Crippen LogP contribution in [-0.4, -0.2) is 12.0 Å². The maximum Gasteiger partial charge on any atom is 0.265 e. The average Bonchev–Trinajstić information content (AvgIpc) is 2.80. The predicted octanol–water partition coefficient (Wildman–Crippen LogP) is 6.85. The van der Waals surface area contributed by atoms with Gasteiger partial charge in [0.05, 0.1) is 0 Å². The van der Waals surface area contributed by atoms with Crippen LogP contribution in [0.25, 0.3) is 10.8 Å². The smallest absolute Gasteiger partial charge is 0.265 e. The first kappa shape index (κ1) is 21.0. The molecule has 0 aromatic heterocycles. The number of hydrogen-bond donors (Lipinski definition) is 1. The van der Waals surface area contributed by atoms with Crippen molar-refractivity contribution in [3.05, 3.63) is 102 Å². The molecule has 0 fully saturated rings. The van der Waals surface area contributed by atoms with Crippen LogP contribution in [-0.2, 0) is 10.5 Å². The molecule has 0 unspecified atom stereocenters. The van der Waals surface area contributed by atoms with Crippen LogP contribution in [0.5, 0.6) is 5.75 Å². The first-order valence-electron chi connectivity index (χ1n) is 10.3. The Labute approximate surface area is 187 Å². The van der Waals surface area contributed by atoms with E-state index < -0.39 is 6.10 Å². The quantitative estimate of drug-likeness (QED) is 0.328. The summed E-state index contributed by atoms with van der Waals surface area (Å²) >= 11 is 1.80. The van der Waals surface area contributed by atoms with Gasteiger partial charge in [0.2, 0.25) is 0 Å². The number of thioether (sulfide) groups is 1. The summed E-state index contributed by atoms with van der Waals surface area (Å²) in [7, 11) is 0. The van der Waals surface area contributed by atoms with E-state index in [0.29, 0.717) is 5.75 Å². The fourth-order valence-corrected chi connectivity index (χ4v) is 4.23. The lowest BCUT2D eigenvalue weighted by molar-refractivity contribution is -0.122. The second-order valence-electron chi connectivity index (χ2n) is 7.51. The monoisotopic (exact) mass is 427 g/mol. The summed E-state index contributed by atoms with van der Waals surface area (Å²) in [6.07, 6.45) is -0.603. The molecule has 1 N–H and O–H groups in total. The highest BCUT2D eigenvalue weighted by Gasteiger charge is 2.16. The first-order chi connectivity index (χ1) is 15.1. The van der Waals surface area contributed by atoms with Gasteiger partial charge in [-0.15, -0.1) is 11.8 Å². The Morgan fingerprint density at radius 3 is 2.42 bits per heavy atom. The lowest BCUT2D eigenvalue weighted by Gasteiger charge is -2.16. The lowest BCUT2D eigenvalue weighted by atomic mass is 10.1. The molecule has 0 radical (unpaired) electrons.